The quantitative estimate of drug-likeness (QED) is 0.713. The van der Waals surface area contributed by atoms with E-state index in [1.54, 1.807) is 6.20 Å². The van der Waals surface area contributed by atoms with Gasteiger partial charge in [-0.15, -0.1) is 0 Å². The van der Waals surface area contributed by atoms with Crippen LogP contribution >= 0.6 is 0 Å². The first-order chi connectivity index (χ1) is 6.84. The fourth-order valence-electron chi connectivity index (χ4n) is 1.41. The van der Waals surface area contributed by atoms with Crippen LogP contribution < -0.4 is 5.43 Å². The van der Waals surface area contributed by atoms with Crippen LogP contribution in [0.25, 0.3) is 0 Å². The zero-order chi connectivity index (χ0) is 9.80. The van der Waals surface area contributed by atoms with Crippen LogP contribution in [0.15, 0.2) is 30.6 Å². The second-order valence-electron chi connectivity index (χ2n) is 3.23. The van der Waals surface area contributed by atoms with Crippen LogP contribution in [0.3, 0.4) is 0 Å². The number of rotatable bonds is 2. The van der Waals surface area contributed by atoms with E-state index in [2.05, 4.69) is 22.6 Å². The first-order valence-electron chi connectivity index (χ1n) is 4.57. The highest BCUT2D eigenvalue weighted by atomic mass is 19.1. The molecular formula is C10H12FN3. The van der Waals surface area contributed by atoms with Gasteiger partial charge in [-0.1, -0.05) is 12.2 Å². The van der Waals surface area contributed by atoms with Crippen LogP contribution in [-0.2, 0) is 6.54 Å². The summed E-state index contributed by atoms with van der Waals surface area (Å²) in [5.74, 6) is -0.282. The third-order valence-corrected chi connectivity index (χ3v) is 2.06. The predicted octanol–water partition coefficient (Wildman–Crippen LogP) is 1.10. The fourth-order valence-corrected chi connectivity index (χ4v) is 1.41. The lowest BCUT2D eigenvalue weighted by atomic mass is 10.2. The molecule has 0 saturated heterocycles. The topological polar surface area (TPSA) is 28.2 Å². The van der Waals surface area contributed by atoms with Gasteiger partial charge in [-0.3, -0.25) is 10.4 Å². The predicted molar refractivity (Wildman–Crippen MR) is 51.7 cm³/mol. The maximum atomic E-state index is 12.8. The molecule has 0 amide bonds. The van der Waals surface area contributed by atoms with Gasteiger partial charge in [0.05, 0.1) is 6.20 Å². The summed E-state index contributed by atoms with van der Waals surface area (Å²) in [5, 5.41) is 2.02. The number of pyridine rings is 1. The molecule has 1 aromatic heterocycles. The number of aromatic nitrogens is 1. The molecule has 2 heterocycles. The SMILES string of the molecule is Fc1cncc(CN2CC=CCN2)c1. The molecule has 0 fully saturated rings. The molecule has 1 aliphatic rings. The van der Waals surface area contributed by atoms with Crippen LogP contribution in [0.4, 0.5) is 4.39 Å². The Labute approximate surface area is 82.2 Å². The average Bonchev–Trinajstić information content (AvgIpc) is 2.19. The van der Waals surface area contributed by atoms with E-state index in [1.165, 1.54) is 12.3 Å². The Morgan fingerprint density at radius 1 is 1.43 bits per heavy atom. The molecule has 0 saturated carbocycles. The molecule has 74 valence electrons. The van der Waals surface area contributed by atoms with E-state index >= 15 is 0 Å². The van der Waals surface area contributed by atoms with E-state index in [0.717, 1.165) is 18.7 Å². The largest absolute Gasteiger partial charge is 0.261 e. The van der Waals surface area contributed by atoms with Gasteiger partial charge < -0.3 is 0 Å². The Morgan fingerprint density at radius 3 is 3.07 bits per heavy atom. The summed E-state index contributed by atoms with van der Waals surface area (Å²) in [6, 6.07) is 1.51. The van der Waals surface area contributed by atoms with Gasteiger partial charge in [0.25, 0.3) is 0 Å². The van der Waals surface area contributed by atoms with Crippen molar-refractivity contribution in [3.8, 4) is 0 Å². The summed E-state index contributed by atoms with van der Waals surface area (Å²) in [6.45, 7) is 2.36. The minimum Gasteiger partial charge on any atom is -0.261 e. The molecule has 0 radical (unpaired) electrons. The van der Waals surface area contributed by atoms with Crippen molar-refractivity contribution in [2.45, 2.75) is 6.54 Å². The van der Waals surface area contributed by atoms with E-state index in [4.69, 9.17) is 0 Å². The van der Waals surface area contributed by atoms with E-state index in [-0.39, 0.29) is 5.82 Å². The summed E-state index contributed by atoms with van der Waals surface area (Å²) in [7, 11) is 0. The molecule has 2 rings (SSSR count). The lowest BCUT2D eigenvalue weighted by Gasteiger charge is -2.23. The van der Waals surface area contributed by atoms with Crippen molar-refractivity contribution >= 4 is 0 Å². The van der Waals surface area contributed by atoms with Crippen molar-refractivity contribution in [2.75, 3.05) is 13.1 Å². The lowest BCUT2D eigenvalue weighted by Crippen LogP contribution is -2.40. The lowest BCUT2D eigenvalue weighted by molar-refractivity contribution is 0.201. The van der Waals surface area contributed by atoms with Crippen LogP contribution in [0.2, 0.25) is 0 Å². The van der Waals surface area contributed by atoms with Gasteiger partial charge in [-0.05, 0) is 11.6 Å². The first-order valence-corrected chi connectivity index (χ1v) is 4.57. The Hall–Kier alpha value is -1.26. The van der Waals surface area contributed by atoms with Gasteiger partial charge in [0.15, 0.2) is 0 Å². The van der Waals surface area contributed by atoms with Crippen LogP contribution in [0, 0.1) is 5.82 Å². The Kier molecular flexibility index (Phi) is 2.86. The van der Waals surface area contributed by atoms with Gasteiger partial charge in [0, 0.05) is 25.8 Å². The summed E-state index contributed by atoms with van der Waals surface area (Å²) in [6.07, 6.45) is 7.06. The number of hydrazine groups is 1. The molecule has 0 spiro atoms. The van der Waals surface area contributed by atoms with Gasteiger partial charge in [-0.25, -0.2) is 9.40 Å². The molecule has 1 aliphatic heterocycles. The number of hydrogen-bond donors (Lipinski definition) is 1. The minimum absolute atomic E-state index is 0.282. The van der Waals surface area contributed by atoms with Crippen LogP contribution in [0.1, 0.15) is 5.56 Å². The third kappa shape index (κ3) is 2.37. The molecule has 0 atom stereocenters. The highest BCUT2D eigenvalue weighted by Crippen LogP contribution is 2.04. The van der Waals surface area contributed by atoms with Gasteiger partial charge in [-0.2, -0.15) is 0 Å². The third-order valence-electron chi connectivity index (χ3n) is 2.06. The molecule has 1 aromatic rings. The normalized spacial score (nSPS) is 17.2. The summed E-state index contributed by atoms with van der Waals surface area (Å²) in [4.78, 5) is 3.80. The molecule has 1 N–H and O–H groups in total. The van der Waals surface area contributed by atoms with Crippen LogP contribution in [-0.4, -0.2) is 23.1 Å². The van der Waals surface area contributed by atoms with E-state index < -0.39 is 0 Å². The van der Waals surface area contributed by atoms with Crippen LogP contribution in [0.5, 0.6) is 0 Å². The minimum atomic E-state index is -0.282. The second-order valence-corrected chi connectivity index (χ2v) is 3.23. The van der Waals surface area contributed by atoms with Crippen molar-refractivity contribution in [3.05, 3.63) is 42.0 Å². The number of halogens is 1. The van der Waals surface area contributed by atoms with Gasteiger partial charge in [0.2, 0.25) is 0 Å². The maximum absolute atomic E-state index is 12.8. The highest BCUT2D eigenvalue weighted by Gasteiger charge is 2.06. The van der Waals surface area contributed by atoms with E-state index in [1.807, 2.05) is 5.01 Å². The molecule has 4 heteroatoms. The highest BCUT2D eigenvalue weighted by molar-refractivity contribution is 5.10. The second kappa shape index (κ2) is 4.30. The zero-order valence-corrected chi connectivity index (χ0v) is 7.78. The molecule has 14 heavy (non-hydrogen) atoms. The maximum Gasteiger partial charge on any atom is 0.141 e. The molecule has 3 nitrogen and oxygen atoms in total. The Balaban J connectivity index is 1.99. The van der Waals surface area contributed by atoms with Crippen molar-refractivity contribution < 1.29 is 4.39 Å². The molecule has 0 unspecified atom stereocenters. The molecule has 0 bridgehead atoms. The van der Waals surface area contributed by atoms with Crippen molar-refractivity contribution in [2.24, 2.45) is 0 Å². The Morgan fingerprint density at radius 2 is 2.36 bits per heavy atom. The summed E-state index contributed by atoms with van der Waals surface area (Å²) in [5.41, 5.74) is 4.07. The van der Waals surface area contributed by atoms with Crippen molar-refractivity contribution in [1.82, 2.24) is 15.4 Å². The summed E-state index contributed by atoms with van der Waals surface area (Å²) < 4.78 is 12.8. The zero-order valence-electron chi connectivity index (χ0n) is 7.78. The molecule has 0 aromatic carbocycles. The number of hydrogen-bond acceptors (Lipinski definition) is 3. The standard InChI is InChI=1S/C10H12FN3/c11-10-5-9(6-12-7-10)8-14-4-2-1-3-13-14/h1-2,5-7,13H,3-4,8H2. The smallest absolute Gasteiger partial charge is 0.141 e. The van der Waals surface area contributed by atoms with Gasteiger partial charge >= 0.3 is 0 Å². The van der Waals surface area contributed by atoms with Crippen molar-refractivity contribution in [1.29, 1.82) is 0 Å². The van der Waals surface area contributed by atoms with E-state index in [9.17, 15) is 4.39 Å². The number of nitrogens with zero attached hydrogens (tertiary/aromatic N) is 2. The first kappa shape index (κ1) is 9.30. The van der Waals surface area contributed by atoms with Gasteiger partial charge in [0.1, 0.15) is 5.82 Å². The summed E-state index contributed by atoms with van der Waals surface area (Å²) >= 11 is 0. The molecular weight excluding hydrogens is 181 g/mol. The fraction of sp³-hybridized carbons (Fsp3) is 0.300. The van der Waals surface area contributed by atoms with Crippen molar-refractivity contribution in [3.63, 3.8) is 0 Å². The van der Waals surface area contributed by atoms with E-state index in [0.29, 0.717) is 6.54 Å². The molecule has 0 aliphatic carbocycles. The average molecular weight is 193 g/mol. The Bertz CT molecular complexity index is 338. The number of nitrogens with one attached hydrogen (secondary N) is 1. The monoisotopic (exact) mass is 193 g/mol.